The van der Waals surface area contributed by atoms with E-state index in [1.807, 2.05) is 6.92 Å². The maximum absolute atomic E-state index is 11.7. The molecule has 0 aliphatic rings. The van der Waals surface area contributed by atoms with Gasteiger partial charge in [-0.15, -0.1) is 11.3 Å². The van der Waals surface area contributed by atoms with E-state index in [1.54, 1.807) is 23.7 Å². The van der Waals surface area contributed by atoms with Crippen molar-refractivity contribution in [1.82, 2.24) is 4.98 Å². The van der Waals surface area contributed by atoms with Crippen LogP contribution in [0.2, 0.25) is 0 Å². The number of carbonyl (C=O) groups excluding carboxylic acids is 1. The van der Waals surface area contributed by atoms with Crippen LogP contribution in [0, 0.1) is 0 Å². The molecule has 1 N–H and O–H groups in total. The lowest BCUT2D eigenvalue weighted by Crippen LogP contribution is -2.10. The molecule has 0 atom stereocenters. The van der Waals surface area contributed by atoms with Gasteiger partial charge in [0.15, 0.2) is 10.9 Å². The second-order valence-electron chi connectivity index (χ2n) is 3.19. The second-order valence-corrected chi connectivity index (χ2v) is 4.09. The molecule has 6 heteroatoms. The lowest BCUT2D eigenvalue weighted by Gasteiger charge is -1.98. The Morgan fingerprint density at radius 3 is 3.18 bits per heavy atom. The number of hydrogen-bond donors (Lipinski definition) is 1. The zero-order valence-corrected chi connectivity index (χ0v) is 10.1. The highest BCUT2D eigenvalue weighted by Gasteiger charge is 2.12. The molecule has 0 aliphatic heterocycles. The van der Waals surface area contributed by atoms with Crippen LogP contribution in [0.15, 0.2) is 28.1 Å². The van der Waals surface area contributed by atoms with Crippen LogP contribution in [0.1, 0.15) is 23.2 Å². The molecule has 0 bridgehead atoms. The van der Waals surface area contributed by atoms with Crippen molar-refractivity contribution >= 4 is 22.4 Å². The largest absolute Gasteiger partial charge is 0.453 e. The van der Waals surface area contributed by atoms with Crippen LogP contribution in [-0.4, -0.2) is 17.5 Å². The van der Waals surface area contributed by atoms with Crippen molar-refractivity contribution in [2.75, 3.05) is 11.9 Å². The summed E-state index contributed by atoms with van der Waals surface area (Å²) in [5.41, 5.74) is 0. The van der Waals surface area contributed by atoms with E-state index in [9.17, 15) is 4.79 Å². The summed E-state index contributed by atoms with van der Waals surface area (Å²) in [6, 6.07) is 3.35. The van der Waals surface area contributed by atoms with Crippen LogP contribution < -0.4 is 5.32 Å². The number of amides is 1. The molecular formula is C11H12N2O3S. The molecule has 0 aromatic carbocycles. The molecule has 0 spiro atoms. The van der Waals surface area contributed by atoms with E-state index in [0.29, 0.717) is 24.1 Å². The van der Waals surface area contributed by atoms with Crippen molar-refractivity contribution in [3.63, 3.8) is 0 Å². The topological polar surface area (TPSA) is 64.4 Å². The third kappa shape index (κ3) is 3.15. The quantitative estimate of drug-likeness (QED) is 0.888. The van der Waals surface area contributed by atoms with Crippen molar-refractivity contribution in [1.29, 1.82) is 0 Å². The van der Waals surface area contributed by atoms with Gasteiger partial charge in [0.05, 0.1) is 0 Å². The number of aromatic nitrogens is 1. The number of nitrogens with one attached hydrogen (secondary N) is 1. The van der Waals surface area contributed by atoms with Gasteiger partial charge in [-0.2, -0.15) is 0 Å². The van der Waals surface area contributed by atoms with Crippen LogP contribution in [0.3, 0.4) is 0 Å². The van der Waals surface area contributed by atoms with E-state index in [4.69, 9.17) is 9.15 Å². The van der Waals surface area contributed by atoms with Gasteiger partial charge in [-0.3, -0.25) is 10.1 Å². The van der Waals surface area contributed by atoms with E-state index >= 15 is 0 Å². The predicted octanol–water partition coefficient (Wildman–Crippen LogP) is 2.52. The van der Waals surface area contributed by atoms with E-state index in [1.165, 1.54) is 11.3 Å². The minimum atomic E-state index is -0.303. The molecule has 0 unspecified atom stereocenters. The van der Waals surface area contributed by atoms with Crippen LogP contribution in [0.4, 0.5) is 5.13 Å². The molecule has 2 aromatic heterocycles. The lowest BCUT2D eigenvalue weighted by molar-refractivity contribution is 0.0972. The smallest absolute Gasteiger partial charge is 0.293 e. The molecule has 90 valence electrons. The summed E-state index contributed by atoms with van der Waals surface area (Å²) < 4.78 is 10.5. The molecule has 0 fully saturated rings. The van der Waals surface area contributed by atoms with Crippen LogP contribution in [0.5, 0.6) is 0 Å². The molecular weight excluding hydrogens is 240 g/mol. The molecule has 17 heavy (non-hydrogen) atoms. The first-order valence-corrected chi connectivity index (χ1v) is 6.05. The molecule has 1 amide bonds. The summed E-state index contributed by atoms with van der Waals surface area (Å²) in [5, 5.41) is 4.98. The molecule has 0 saturated heterocycles. The Labute approximate surface area is 102 Å². The number of thiazole rings is 1. The van der Waals surface area contributed by atoms with Crippen molar-refractivity contribution in [3.8, 4) is 0 Å². The average molecular weight is 252 g/mol. The fourth-order valence-electron chi connectivity index (χ4n) is 1.22. The summed E-state index contributed by atoms with van der Waals surface area (Å²) in [4.78, 5) is 15.7. The van der Waals surface area contributed by atoms with Crippen LogP contribution >= 0.6 is 11.3 Å². The van der Waals surface area contributed by atoms with Crippen molar-refractivity contribution in [2.45, 2.75) is 13.5 Å². The number of nitrogens with zero attached hydrogens (tertiary/aromatic N) is 1. The molecule has 5 nitrogen and oxygen atoms in total. The van der Waals surface area contributed by atoms with E-state index < -0.39 is 0 Å². The van der Waals surface area contributed by atoms with Crippen molar-refractivity contribution in [3.05, 3.63) is 35.2 Å². The van der Waals surface area contributed by atoms with Crippen LogP contribution in [-0.2, 0) is 11.3 Å². The first-order valence-electron chi connectivity index (χ1n) is 5.17. The minimum Gasteiger partial charge on any atom is -0.453 e. The summed E-state index contributed by atoms with van der Waals surface area (Å²) in [6.07, 6.45) is 1.63. The SMILES string of the molecule is CCOCc1ccc(C(=O)Nc2nccs2)o1. The highest BCUT2D eigenvalue weighted by Crippen LogP contribution is 2.14. The second kappa shape index (κ2) is 5.60. The molecule has 2 heterocycles. The van der Waals surface area contributed by atoms with Gasteiger partial charge < -0.3 is 9.15 Å². The standard InChI is InChI=1S/C11H12N2O3S/c1-2-15-7-8-3-4-9(16-8)10(14)13-11-12-5-6-17-11/h3-6H,2,7H2,1H3,(H,12,13,14). The average Bonchev–Trinajstić information content (AvgIpc) is 2.96. The van der Waals surface area contributed by atoms with Gasteiger partial charge in [0.25, 0.3) is 5.91 Å². The Balaban J connectivity index is 1.97. The van der Waals surface area contributed by atoms with Crippen molar-refractivity contribution in [2.24, 2.45) is 0 Å². The zero-order chi connectivity index (χ0) is 12.1. The Hall–Kier alpha value is -1.66. The molecule has 0 saturated carbocycles. The zero-order valence-electron chi connectivity index (χ0n) is 9.30. The maximum atomic E-state index is 11.7. The van der Waals surface area contributed by atoms with Gasteiger partial charge in [-0.1, -0.05) is 0 Å². The Kier molecular flexibility index (Phi) is 3.89. The number of hydrogen-bond acceptors (Lipinski definition) is 5. The fourth-order valence-corrected chi connectivity index (χ4v) is 1.75. The first-order chi connectivity index (χ1) is 8.29. The summed E-state index contributed by atoms with van der Waals surface area (Å²) in [6.45, 7) is 2.89. The monoisotopic (exact) mass is 252 g/mol. The van der Waals surface area contributed by atoms with Gasteiger partial charge in [-0.25, -0.2) is 4.98 Å². The highest BCUT2D eigenvalue weighted by molar-refractivity contribution is 7.13. The van der Waals surface area contributed by atoms with Gasteiger partial charge in [0.2, 0.25) is 0 Å². The number of rotatable bonds is 5. The highest BCUT2D eigenvalue weighted by atomic mass is 32.1. The van der Waals surface area contributed by atoms with Gasteiger partial charge in [-0.05, 0) is 19.1 Å². The molecule has 2 rings (SSSR count). The number of carbonyl (C=O) groups is 1. The fraction of sp³-hybridized carbons (Fsp3) is 0.273. The van der Waals surface area contributed by atoms with E-state index in [0.717, 1.165) is 0 Å². The summed E-state index contributed by atoms with van der Waals surface area (Å²) in [7, 11) is 0. The predicted molar refractivity (Wildman–Crippen MR) is 64.1 cm³/mol. The molecule has 0 radical (unpaired) electrons. The first kappa shape index (κ1) is 11.8. The summed E-state index contributed by atoms with van der Waals surface area (Å²) >= 11 is 1.36. The van der Waals surface area contributed by atoms with E-state index in [2.05, 4.69) is 10.3 Å². The number of furan rings is 1. The minimum absolute atomic E-state index is 0.259. The molecule has 2 aromatic rings. The third-order valence-electron chi connectivity index (χ3n) is 1.99. The third-order valence-corrected chi connectivity index (χ3v) is 2.68. The Morgan fingerprint density at radius 2 is 2.47 bits per heavy atom. The normalized spacial score (nSPS) is 10.4. The lowest BCUT2D eigenvalue weighted by atomic mass is 10.4. The van der Waals surface area contributed by atoms with Gasteiger partial charge in [0.1, 0.15) is 12.4 Å². The number of ether oxygens (including phenoxy) is 1. The Morgan fingerprint density at radius 1 is 1.59 bits per heavy atom. The van der Waals surface area contributed by atoms with Crippen LogP contribution in [0.25, 0.3) is 0 Å². The van der Waals surface area contributed by atoms with Gasteiger partial charge in [0, 0.05) is 18.2 Å². The molecule has 0 aliphatic carbocycles. The maximum Gasteiger partial charge on any atom is 0.293 e. The van der Waals surface area contributed by atoms with Crippen molar-refractivity contribution < 1.29 is 13.9 Å². The van der Waals surface area contributed by atoms with E-state index in [-0.39, 0.29) is 11.7 Å². The summed E-state index contributed by atoms with van der Waals surface area (Å²) in [5.74, 6) is 0.591. The number of anilines is 1. The Bertz CT molecular complexity index is 479. The van der Waals surface area contributed by atoms with Gasteiger partial charge >= 0.3 is 0 Å².